The van der Waals surface area contributed by atoms with Gasteiger partial charge in [0.05, 0.1) is 18.3 Å². The number of hydrogen-bond acceptors (Lipinski definition) is 5. The van der Waals surface area contributed by atoms with Crippen molar-refractivity contribution in [3.05, 3.63) is 23.3 Å². The highest BCUT2D eigenvalue weighted by Gasteiger charge is 2.72. The van der Waals surface area contributed by atoms with E-state index in [-0.39, 0.29) is 12.7 Å². The van der Waals surface area contributed by atoms with Crippen LogP contribution in [0.1, 0.15) is 52.9 Å². The zero-order chi connectivity index (χ0) is 17.5. The Hall–Kier alpha value is -0.720. The fraction of sp³-hybridized carbons (Fsp3) is 0.789. The predicted octanol–water partition coefficient (Wildman–Crippen LogP) is 1.85. The average molecular weight is 338 g/mol. The molecule has 5 nitrogen and oxygen atoms in total. The van der Waals surface area contributed by atoms with Crippen LogP contribution in [0.3, 0.4) is 0 Å². The molecule has 136 valence electrons. The van der Waals surface area contributed by atoms with Crippen molar-refractivity contribution in [2.75, 3.05) is 6.61 Å². The Morgan fingerprint density at radius 1 is 1.21 bits per heavy atom. The summed E-state index contributed by atoms with van der Waals surface area (Å²) in [4.78, 5) is 0. The van der Waals surface area contributed by atoms with Gasteiger partial charge >= 0.3 is 0 Å². The zero-order valence-corrected chi connectivity index (χ0v) is 14.9. The van der Waals surface area contributed by atoms with Crippen molar-refractivity contribution in [1.29, 1.82) is 0 Å². The number of epoxide rings is 1. The second kappa shape index (κ2) is 6.54. The van der Waals surface area contributed by atoms with E-state index in [0.717, 1.165) is 12.8 Å². The molecule has 0 saturated carbocycles. The summed E-state index contributed by atoms with van der Waals surface area (Å²) in [6.07, 6.45) is 6.62. The lowest BCUT2D eigenvalue weighted by molar-refractivity contribution is -0.190. The zero-order valence-electron chi connectivity index (χ0n) is 14.9. The van der Waals surface area contributed by atoms with Gasteiger partial charge in [-0.15, -0.1) is 0 Å². The molecule has 5 heteroatoms. The Kier molecular flexibility index (Phi) is 4.93. The number of hydrogen-bond donors (Lipinski definition) is 3. The molecular formula is C19H30O5. The van der Waals surface area contributed by atoms with Gasteiger partial charge in [-0.1, -0.05) is 31.9 Å². The molecule has 24 heavy (non-hydrogen) atoms. The van der Waals surface area contributed by atoms with Gasteiger partial charge in [-0.25, -0.2) is 0 Å². The van der Waals surface area contributed by atoms with Gasteiger partial charge in [0.15, 0.2) is 0 Å². The monoisotopic (exact) mass is 338 g/mol. The number of unbranched alkanes of at least 4 members (excludes halogenated alkanes) is 3. The van der Waals surface area contributed by atoms with Crippen LogP contribution < -0.4 is 0 Å². The molecule has 3 N–H and O–H groups in total. The van der Waals surface area contributed by atoms with Crippen molar-refractivity contribution in [3.8, 4) is 0 Å². The number of allylic oxidation sites excluding steroid dienone is 1. The standard InChI is InChI=1S/C19H30O5/c1-4-5-6-7-8-9-12-13(11-20)16-19(17(24-19)15(12)22)10-14(21)18(2,3)23-16/h8-9,14-17,20-22H,4-7,10-11H2,1-3H3/b9-8+/t14-,15+,16-,17-,19+/m0/s1. The van der Waals surface area contributed by atoms with Gasteiger partial charge in [-0.05, 0) is 37.8 Å². The summed E-state index contributed by atoms with van der Waals surface area (Å²) in [6.45, 7) is 5.69. The second-order valence-electron chi connectivity index (χ2n) is 7.80. The van der Waals surface area contributed by atoms with E-state index in [1.165, 1.54) is 12.8 Å². The van der Waals surface area contributed by atoms with Gasteiger partial charge in [-0.3, -0.25) is 0 Å². The second-order valence-corrected chi connectivity index (χ2v) is 7.80. The van der Waals surface area contributed by atoms with E-state index in [4.69, 9.17) is 9.47 Å². The fourth-order valence-electron chi connectivity index (χ4n) is 4.02. The summed E-state index contributed by atoms with van der Waals surface area (Å²) in [5, 5.41) is 30.9. The maximum atomic E-state index is 10.7. The molecular weight excluding hydrogens is 308 g/mol. The van der Waals surface area contributed by atoms with Crippen LogP contribution in [0.4, 0.5) is 0 Å². The van der Waals surface area contributed by atoms with Crippen LogP contribution in [-0.4, -0.2) is 57.5 Å². The third-order valence-corrected chi connectivity index (χ3v) is 5.69. The molecule has 0 unspecified atom stereocenters. The topological polar surface area (TPSA) is 82.5 Å². The summed E-state index contributed by atoms with van der Waals surface area (Å²) in [6, 6.07) is 0. The highest BCUT2D eigenvalue weighted by atomic mass is 16.7. The van der Waals surface area contributed by atoms with Crippen LogP contribution in [0.2, 0.25) is 0 Å². The van der Waals surface area contributed by atoms with Crippen LogP contribution in [0.15, 0.2) is 23.3 Å². The van der Waals surface area contributed by atoms with Crippen molar-refractivity contribution in [1.82, 2.24) is 0 Å². The van der Waals surface area contributed by atoms with E-state index >= 15 is 0 Å². The molecule has 0 bridgehead atoms. The minimum atomic E-state index is -0.775. The van der Waals surface area contributed by atoms with Gasteiger partial charge in [0, 0.05) is 6.42 Å². The molecule has 2 aliphatic heterocycles. The van der Waals surface area contributed by atoms with Gasteiger partial charge in [0.1, 0.15) is 23.9 Å². The molecule has 0 aromatic rings. The van der Waals surface area contributed by atoms with Gasteiger partial charge in [0.25, 0.3) is 0 Å². The van der Waals surface area contributed by atoms with E-state index in [9.17, 15) is 15.3 Å². The average Bonchev–Trinajstić information content (AvgIpc) is 3.25. The number of rotatable bonds is 6. The normalized spacial score (nSPS) is 40.6. The fourth-order valence-corrected chi connectivity index (χ4v) is 4.02. The Balaban J connectivity index is 1.85. The lowest BCUT2D eigenvalue weighted by Gasteiger charge is -2.46. The van der Waals surface area contributed by atoms with E-state index in [1.807, 2.05) is 19.9 Å². The van der Waals surface area contributed by atoms with E-state index in [0.29, 0.717) is 17.6 Å². The molecule has 5 atom stereocenters. The molecule has 2 heterocycles. The first-order chi connectivity index (χ1) is 11.4. The molecule has 3 rings (SSSR count). The summed E-state index contributed by atoms with van der Waals surface area (Å²) < 4.78 is 12.0. The van der Waals surface area contributed by atoms with Crippen molar-refractivity contribution in [3.63, 3.8) is 0 Å². The quantitative estimate of drug-likeness (QED) is 0.509. The van der Waals surface area contributed by atoms with Gasteiger partial charge in [0.2, 0.25) is 0 Å². The molecule has 1 aliphatic carbocycles. The molecule has 0 amide bonds. The van der Waals surface area contributed by atoms with Crippen LogP contribution in [-0.2, 0) is 9.47 Å². The first-order valence-electron chi connectivity index (χ1n) is 9.09. The van der Waals surface area contributed by atoms with Crippen LogP contribution in [0.25, 0.3) is 0 Å². The Labute approximate surface area is 144 Å². The highest BCUT2D eigenvalue weighted by molar-refractivity contribution is 5.44. The van der Waals surface area contributed by atoms with E-state index < -0.39 is 29.5 Å². The van der Waals surface area contributed by atoms with Crippen LogP contribution >= 0.6 is 0 Å². The Morgan fingerprint density at radius 3 is 2.62 bits per heavy atom. The highest BCUT2D eigenvalue weighted by Crippen LogP contribution is 2.57. The summed E-state index contributed by atoms with van der Waals surface area (Å²) in [5.74, 6) is 0. The number of aliphatic hydroxyl groups is 3. The SMILES string of the molecule is CCCCC/C=C/C1=C(CO)[C@@H]2OC(C)(C)[C@@H](O)C[C@@]23O[C@H]3[C@@H]1O. The van der Waals surface area contributed by atoms with Crippen molar-refractivity contribution < 1.29 is 24.8 Å². The van der Waals surface area contributed by atoms with Crippen LogP contribution in [0.5, 0.6) is 0 Å². The molecule has 0 aromatic carbocycles. The molecule has 2 fully saturated rings. The Bertz CT molecular complexity index is 538. The third kappa shape index (κ3) is 2.86. The largest absolute Gasteiger partial charge is 0.392 e. The van der Waals surface area contributed by atoms with Crippen molar-refractivity contribution in [2.24, 2.45) is 0 Å². The van der Waals surface area contributed by atoms with Gasteiger partial charge < -0.3 is 24.8 Å². The molecule has 3 aliphatic rings. The van der Waals surface area contributed by atoms with Crippen molar-refractivity contribution >= 4 is 0 Å². The number of aliphatic hydroxyl groups excluding tert-OH is 3. The number of ether oxygens (including phenoxy) is 2. The molecule has 0 aromatic heterocycles. The first kappa shape index (κ1) is 18.1. The Morgan fingerprint density at radius 2 is 1.96 bits per heavy atom. The minimum Gasteiger partial charge on any atom is -0.392 e. The minimum absolute atomic E-state index is 0.180. The van der Waals surface area contributed by atoms with Crippen LogP contribution in [0, 0.1) is 0 Å². The molecule has 2 saturated heterocycles. The first-order valence-corrected chi connectivity index (χ1v) is 9.09. The maximum absolute atomic E-state index is 10.7. The maximum Gasteiger partial charge on any atom is 0.130 e. The molecule has 1 spiro atoms. The van der Waals surface area contributed by atoms with Gasteiger partial charge in [-0.2, -0.15) is 0 Å². The summed E-state index contributed by atoms with van der Waals surface area (Å²) >= 11 is 0. The van der Waals surface area contributed by atoms with E-state index in [1.54, 1.807) is 0 Å². The smallest absolute Gasteiger partial charge is 0.130 e. The summed E-state index contributed by atoms with van der Waals surface area (Å²) in [7, 11) is 0. The lowest BCUT2D eigenvalue weighted by atomic mass is 9.73. The van der Waals surface area contributed by atoms with E-state index in [2.05, 4.69) is 13.0 Å². The third-order valence-electron chi connectivity index (χ3n) is 5.69. The lowest BCUT2D eigenvalue weighted by Crippen LogP contribution is -2.59. The summed E-state index contributed by atoms with van der Waals surface area (Å²) in [5.41, 5.74) is 0.00381. The van der Waals surface area contributed by atoms with Crippen molar-refractivity contribution in [2.45, 2.75) is 88.5 Å². The predicted molar refractivity (Wildman–Crippen MR) is 90.6 cm³/mol. The molecule has 0 radical (unpaired) electrons.